The molecule has 0 saturated heterocycles. The number of aryl methyl sites for hydroxylation is 1. The Balaban J connectivity index is 1.74. The summed E-state index contributed by atoms with van der Waals surface area (Å²) < 4.78 is 0. The van der Waals surface area contributed by atoms with Gasteiger partial charge in [0.25, 0.3) is 0 Å². The van der Waals surface area contributed by atoms with E-state index in [1.54, 1.807) is 0 Å². The van der Waals surface area contributed by atoms with Crippen molar-refractivity contribution in [3.63, 3.8) is 0 Å². The van der Waals surface area contributed by atoms with E-state index in [-0.39, 0.29) is 0 Å². The molecule has 27 heavy (non-hydrogen) atoms. The average molecular weight is 345 g/mol. The van der Waals surface area contributed by atoms with Crippen LogP contribution in [-0.2, 0) is 0 Å². The molecule has 0 aliphatic rings. The summed E-state index contributed by atoms with van der Waals surface area (Å²) in [7, 11) is 0. The van der Waals surface area contributed by atoms with E-state index in [9.17, 15) is 0 Å². The Morgan fingerprint density at radius 2 is 1.07 bits per heavy atom. The lowest BCUT2D eigenvalue weighted by molar-refractivity contribution is 1.20. The number of fused-ring (bicyclic) bond motifs is 6. The van der Waals surface area contributed by atoms with Crippen molar-refractivity contribution >= 4 is 44.5 Å². The van der Waals surface area contributed by atoms with Crippen molar-refractivity contribution in [2.75, 3.05) is 0 Å². The topological polar surface area (TPSA) is 12.9 Å². The van der Waals surface area contributed by atoms with Crippen molar-refractivity contribution < 1.29 is 0 Å². The predicted octanol–water partition coefficient (Wildman–Crippen LogP) is 7.02. The van der Waals surface area contributed by atoms with Gasteiger partial charge in [0, 0.05) is 11.9 Å². The van der Waals surface area contributed by atoms with Crippen LogP contribution in [0.15, 0.2) is 85.1 Å². The Kier molecular flexibility index (Phi) is 3.72. The molecule has 0 amide bonds. The van der Waals surface area contributed by atoms with E-state index in [0.717, 1.165) is 5.69 Å². The maximum absolute atomic E-state index is 4.26. The predicted molar refractivity (Wildman–Crippen MR) is 117 cm³/mol. The van der Waals surface area contributed by atoms with Gasteiger partial charge in [-0.2, -0.15) is 0 Å². The number of rotatable bonds is 2. The second-order valence-electron chi connectivity index (χ2n) is 6.96. The van der Waals surface area contributed by atoms with Crippen molar-refractivity contribution in [2.45, 2.75) is 6.92 Å². The normalized spacial score (nSPS) is 11.7. The highest BCUT2D eigenvalue weighted by atomic mass is 14.6. The van der Waals surface area contributed by atoms with Crippen molar-refractivity contribution in [1.29, 1.82) is 0 Å². The zero-order valence-corrected chi connectivity index (χ0v) is 15.2. The highest BCUT2D eigenvalue weighted by Crippen LogP contribution is 2.35. The number of aromatic nitrogens is 1. The first-order chi connectivity index (χ1) is 13.3. The Bertz CT molecular complexity index is 1290. The zero-order chi connectivity index (χ0) is 18.2. The standard InChI is InChI=1S/C26H19N/c1-18-16-20(14-15-27-18)11-10-19-12-13-25-23-8-3-2-6-21(23)22-7-4-5-9-24(22)26(25)17-19/h2-17H,1H3/b11-10+. The first-order valence-corrected chi connectivity index (χ1v) is 9.23. The third kappa shape index (κ3) is 2.78. The maximum atomic E-state index is 4.26. The van der Waals surface area contributed by atoms with E-state index in [0.29, 0.717) is 0 Å². The van der Waals surface area contributed by atoms with Crippen LogP contribution in [0.5, 0.6) is 0 Å². The summed E-state index contributed by atoms with van der Waals surface area (Å²) in [5.74, 6) is 0. The molecule has 0 saturated carbocycles. The van der Waals surface area contributed by atoms with Crippen molar-refractivity contribution in [3.05, 3.63) is 102 Å². The molecule has 4 aromatic carbocycles. The largest absolute Gasteiger partial charge is 0.262 e. The quantitative estimate of drug-likeness (QED) is 0.313. The molecule has 0 radical (unpaired) electrons. The van der Waals surface area contributed by atoms with Crippen LogP contribution in [0.1, 0.15) is 16.8 Å². The Morgan fingerprint density at radius 3 is 1.67 bits per heavy atom. The van der Waals surface area contributed by atoms with Gasteiger partial charge in [-0.3, -0.25) is 4.98 Å². The Hall–Kier alpha value is -3.45. The summed E-state index contributed by atoms with van der Waals surface area (Å²) in [4.78, 5) is 4.26. The first kappa shape index (κ1) is 15.8. The molecule has 1 heterocycles. The summed E-state index contributed by atoms with van der Waals surface area (Å²) in [6.07, 6.45) is 6.19. The molecule has 1 aromatic heterocycles. The van der Waals surface area contributed by atoms with Crippen molar-refractivity contribution in [1.82, 2.24) is 4.98 Å². The molecule has 0 aliphatic heterocycles. The summed E-state index contributed by atoms with van der Waals surface area (Å²) in [5, 5.41) is 7.86. The van der Waals surface area contributed by atoms with E-state index in [2.05, 4.69) is 89.9 Å². The molecule has 128 valence electrons. The number of hydrogen-bond acceptors (Lipinski definition) is 1. The van der Waals surface area contributed by atoms with E-state index in [4.69, 9.17) is 0 Å². The number of hydrogen-bond donors (Lipinski definition) is 0. The minimum atomic E-state index is 1.04. The Morgan fingerprint density at radius 1 is 0.556 bits per heavy atom. The van der Waals surface area contributed by atoms with E-state index < -0.39 is 0 Å². The van der Waals surface area contributed by atoms with E-state index >= 15 is 0 Å². The molecule has 0 spiro atoms. The highest BCUT2D eigenvalue weighted by molar-refractivity contribution is 6.25. The monoisotopic (exact) mass is 345 g/mol. The van der Waals surface area contributed by atoms with Gasteiger partial charge in [0.15, 0.2) is 0 Å². The third-order valence-corrected chi connectivity index (χ3v) is 5.16. The van der Waals surface area contributed by atoms with Crippen LogP contribution in [0.4, 0.5) is 0 Å². The fraction of sp³-hybridized carbons (Fsp3) is 0.0385. The number of nitrogens with zero attached hydrogens (tertiary/aromatic N) is 1. The van der Waals surface area contributed by atoms with Gasteiger partial charge in [-0.15, -0.1) is 0 Å². The summed E-state index contributed by atoms with van der Waals surface area (Å²) in [6.45, 7) is 2.02. The molecule has 1 heteroatoms. The van der Waals surface area contributed by atoms with Gasteiger partial charge in [0.1, 0.15) is 0 Å². The fourth-order valence-electron chi connectivity index (χ4n) is 3.89. The van der Waals surface area contributed by atoms with Crippen molar-refractivity contribution in [3.8, 4) is 0 Å². The van der Waals surface area contributed by atoms with Gasteiger partial charge >= 0.3 is 0 Å². The van der Waals surface area contributed by atoms with Gasteiger partial charge in [-0.25, -0.2) is 0 Å². The number of pyridine rings is 1. The van der Waals surface area contributed by atoms with Gasteiger partial charge in [0.2, 0.25) is 0 Å². The van der Waals surface area contributed by atoms with Crippen LogP contribution >= 0.6 is 0 Å². The van der Waals surface area contributed by atoms with Gasteiger partial charge < -0.3 is 0 Å². The molecule has 0 N–H and O–H groups in total. The lowest BCUT2D eigenvalue weighted by Crippen LogP contribution is -1.84. The lowest BCUT2D eigenvalue weighted by Gasteiger charge is -2.10. The van der Waals surface area contributed by atoms with Gasteiger partial charge in [-0.1, -0.05) is 72.8 Å². The lowest BCUT2D eigenvalue weighted by atomic mass is 9.93. The zero-order valence-electron chi connectivity index (χ0n) is 15.2. The molecule has 0 aliphatic carbocycles. The number of benzene rings is 4. The van der Waals surface area contributed by atoms with E-state index in [1.165, 1.54) is 43.4 Å². The van der Waals surface area contributed by atoms with E-state index in [1.807, 2.05) is 19.2 Å². The van der Waals surface area contributed by atoms with Crippen LogP contribution in [0.25, 0.3) is 44.5 Å². The van der Waals surface area contributed by atoms with Gasteiger partial charge in [0.05, 0.1) is 0 Å². The molecule has 0 fully saturated rings. The summed E-state index contributed by atoms with van der Waals surface area (Å²) >= 11 is 0. The molecule has 0 atom stereocenters. The average Bonchev–Trinajstić information content (AvgIpc) is 2.72. The first-order valence-electron chi connectivity index (χ1n) is 9.23. The van der Waals surface area contributed by atoms with Crippen molar-refractivity contribution in [2.24, 2.45) is 0 Å². The molecular formula is C26H19N. The maximum Gasteiger partial charge on any atom is 0.0378 e. The van der Waals surface area contributed by atoms with Crippen LogP contribution in [0, 0.1) is 6.92 Å². The molecule has 0 unspecified atom stereocenters. The van der Waals surface area contributed by atoms with Gasteiger partial charge in [-0.05, 0) is 68.6 Å². The SMILES string of the molecule is Cc1cc(/C=C/c2ccc3c4ccccc4c4ccccc4c3c2)ccn1. The third-order valence-electron chi connectivity index (χ3n) is 5.16. The van der Waals surface area contributed by atoms with Crippen LogP contribution < -0.4 is 0 Å². The molecular weight excluding hydrogens is 326 g/mol. The molecule has 0 bridgehead atoms. The Labute approximate surface area is 158 Å². The summed E-state index contributed by atoms with van der Waals surface area (Å²) in [5.41, 5.74) is 3.41. The second-order valence-corrected chi connectivity index (χ2v) is 6.96. The fourth-order valence-corrected chi connectivity index (χ4v) is 3.89. The van der Waals surface area contributed by atoms with Crippen LogP contribution in [-0.4, -0.2) is 4.98 Å². The minimum Gasteiger partial charge on any atom is -0.262 e. The molecule has 5 aromatic rings. The second kappa shape index (κ2) is 6.37. The smallest absolute Gasteiger partial charge is 0.0378 e. The molecule has 5 rings (SSSR count). The summed E-state index contributed by atoms with van der Waals surface area (Å²) in [6, 6.07) is 28.3. The molecule has 1 nitrogen and oxygen atoms in total. The highest BCUT2D eigenvalue weighted by Gasteiger charge is 2.07. The van der Waals surface area contributed by atoms with Crippen LogP contribution in [0.3, 0.4) is 0 Å². The minimum absolute atomic E-state index is 1.04. The van der Waals surface area contributed by atoms with Crippen LogP contribution in [0.2, 0.25) is 0 Å².